The van der Waals surface area contributed by atoms with Crippen molar-refractivity contribution < 1.29 is 9.84 Å². The summed E-state index contributed by atoms with van der Waals surface area (Å²) >= 11 is 0. The Morgan fingerprint density at radius 3 is 2.85 bits per heavy atom. The summed E-state index contributed by atoms with van der Waals surface area (Å²) in [7, 11) is 0. The van der Waals surface area contributed by atoms with Crippen LogP contribution in [0.5, 0.6) is 0 Å². The van der Waals surface area contributed by atoms with Crippen molar-refractivity contribution in [2.24, 2.45) is 0 Å². The molecule has 1 aromatic rings. The number of benzene rings is 1. The molecule has 2 nitrogen and oxygen atoms in total. The van der Waals surface area contributed by atoms with Gasteiger partial charge in [0.15, 0.2) is 6.29 Å². The Hall–Kier alpha value is -0.860. The lowest BCUT2D eigenvalue weighted by molar-refractivity contribution is -0.186. The number of ether oxygens (including phenoxy) is 1. The van der Waals surface area contributed by atoms with E-state index in [-0.39, 0.29) is 5.60 Å². The smallest absolute Gasteiger partial charge is 0.182 e. The van der Waals surface area contributed by atoms with Crippen molar-refractivity contribution >= 4 is 0 Å². The van der Waals surface area contributed by atoms with Gasteiger partial charge in [-0.2, -0.15) is 0 Å². The van der Waals surface area contributed by atoms with E-state index in [1.165, 1.54) is 5.56 Å². The molecule has 1 N–H and O–H groups in total. The van der Waals surface area contributed by atoms with Crippen LogP contribution in [-0.2, 0) is 11.2 Å². The van der Waals surface area contributed by atoms with Gasteiger partial charge in [0.25, 0.3) is 0 Å². The lowest BCUT2D eigenvalue weighted by Crippen LogP contribution is -2.34. The fourth-order valence-corrected chi connectivity index (χ4v) is 1.80. The molecule has 2 rings (SSSR count). The van der Waals surface area contributed by atoms with Crippen LogP contribution in [0, 0.1) is 0 Å². The largest absolute Gasteiger partial charge is 0.364 e. The van der Waals surface area contributed by atoms with Crippen LogP contribution in [0.1, 0.15) is 31.3 Å². The molecular formula is C11H14O2. The summed E-state index contributed by atoms with van der Waals surface area (Å²) in [5.41, 5.74) is 1.83. The summed E-state index contributed by atoms with van der Waals surface area (Å²) in [6.45, 7) is 3.98. The van der Waals surface area contributed by atoms with Gasteiger partial charge in [0.2, 0.25) is 0 Å². The van der Waals surface area contributed by atoms with Gasteiger partial charge in [-0.3, -0.25) is 0 Å². The molecule has 1 aliphatic heterocycles. The summed E-state index contributed by atoms with van der Waals surface area (Å²) in [5.74, 6) is 0. The first-order valence-corrected chi connectivity index (χ1v) is 4.52. The maximum atomic E-state index is 9.67. The lowest BCUT2D eigenvalue weighted by Gasteiger charge is -2.34. The van der Waals surface area contributed by atoms with Gasteiger partial charge in [-0.05, 0) is 19.4 Å². The molecule has 1 unspecified atom stereocenters. The third kappa shape index (κ3) is 1.60. The molecule has 0 aromatic heterocycles. The standard InChI is InChI=1S/C11H14O2/c1-11(2)7-8-5-3-4-6-9(8)10(12)13-11/h3-6,10,12H,7H2,1-2H3. The van der Waals surface area contributed by atoms with Gasteiger partial charge >= 0.3 is 0 Å². The topological polar surface area (TPSA) is 29.5 Å². The van der Waals surface area contributed by atoms with E-state index in [0.717, 1.165) is 12.0 Å². The molecule has 13 heavy (non-hydrogen) atoms. The molecule has 1 heterocycles. The van der Waals surface area contributed by atoms with Crippen LogP contribution >= 0.6 is 0 Å². The highest BCUT2D eigenvalue weighted by Gasteiger charge is 2.31. The molecule has 1 aromatic carbocycles. The second-order valence-corrected chi connectivity index (χ2v) is 4.11. The highest BCUT2D eigenvalue weighted by Crippen LogP contribution is 2.33. The van der Waals surface area contributed by atoms with Crippen LogP contribution in [0.2, 0.25) is 0 Å². The zero-order valence-corrected chi connectivity index (χ0v) is 7.95. The van der Waals surface area contributed by atoms with Crippen LogP contribution in [0.4, 0.5) is 0 Å². The van der Waals surface area contributed by atoms with Gasteiger partial charge in [0.05, 0.1) is 5.60 Å². The molecule has 0 saturated heterocycles. The number of hydrogen-bond acceptors (Lipinski definition) is 2. The minimum absolute atomic E-state index is 0.256. The molecule has 70 valence electrons. The van der Waals surface area contributed by atoms with Crippen molar-refractivity contribution in [1.82, 2.24) is 0 Å². The van der Waals surface area contributed by atoms with E-state index in [1.807, 2.05) is 38.1 Å². The van der Waals surface area contributed by atoms with Crippen molar-refractivity contribution in [3.8, 4) is 0 Å². The molecular weight excluding hydrogens is 164 g/mol. The van der Waals surface area contributed by atoms with Crippen LogP contribution < -0.4 is 0 Å². The molecule has 0 amide bonds. The number of rotatable bonds is 0. The van der Waals surface area contributed by atoms with Gasteiger partial charge in [-0.25, -0.2) is 0 Å². The molecule has 0 radical (unpaired) electrons. The Kier molecular flexibility index (Phi) is 1.90. The van der Waals surface area contributed by atoms with E-state index in [4.69, 9.17) is 4.74 Å². The van der Waals surface area contributed by atoms with E-state index in [0.29, 0.717) is 0 Å². The fourth-order valence-electron chi connectivity index (χ4n) is 1.80. The summed E-state index contributed by atoms with van der Waals surface area (Å²) in [6.07, 6.45) is 0.0974. The van der Waals surface area contributed by atoms with Gasteiger partial charge < -0.3 is 9.84 Å². The second kappa shape index (κ2) is 2.82. The van der Waals surface area contributed by atoms with E-state index in [9.17, 15) is 5.11 Å². The monoisotopic (exact) mass is 178 g/mol. The second-order valence-electron chi connectivity index (χ2n) is 4.11. The zero-order valence-electron chi connectivity index (χ0n) is 7.95. The molecule has 0 aliphatic carbocycles. The van der Waals surface area contributed by atoms with Crippen LogP contribution in [-0.4, -0.2) is 10.7 Å². The summed E-state index contributed by atoms with van der Waals surface area (Å²) < 4.78 is 5.46. The van der Waals surface area contributed by atoms with Crippen molar-refractivity contribution in [3.63, 3.8) is 0 Å². The van der Waals surface area contributed by atoms with Crippen LogP contribution in [0.3, 0.4) is 0 Å². The molecule has 1 atom stereocenters. The molecule has 1 aliphatic rings. The molecule has 0 spiro atoms. The Morgan fingerprint density at radius 2 is 2.08 bits per heavy atom. The van der Waals surface area contributed by atoms with E-state index in [1.54, 1.807) is 0 Å². The normalized spacial score (nSPS) is 25.3. The first kappa shape index (κ1) is 8.73. The quantitative estimate of drug-likeness (QED) is 0.658. The number of aliphatic hydroxyl groups excluding tert-OH is 1. The van der Waals surface area contributed by atoms with Gasteiger partial charge in [-0.1, -0.05) is 24.3 Å². The molecule has 0 fully saturated rings. The third-order valence-corrected chi connectivity index (χ3v) is 2.37. The number of hydrogen-bond donors (Lipinski definition) is 1. The summed E-state index contributed by atoms with van der Waals surface area (Å²) in [6, 6.07) is 7.87. The first-order chi connectivity index (χ1) is 6.08. The van der Waals surface area contributed by atoms with Crippen molar-refractivity contribution in [1.29, 1.82) is 0 Å². The minimum atomic E-state index is -0.764. The highest BCUT2D eigenvalue weighted by molar-refractivity contribution is 5.31. The zero-order chi connectivity index (χ0) is 9.47. The average Bonchev–Trinajstić information content (AvgIpc) is 2.02. The van der Waals surface area contributed by atoms with Crippen LogP contribution in [0.15, 0.2) is 24.3 Å². The Labute approximate surface area is 78.2 Å². The average molecular weight is 178 g/mol. The maximum Gasteiger partial charge on any atom is 0.182 e. The highest BCUT2D eigenvalue weighted by atomic mass is 16.6. The predicted molar refractivity (Wildman–Crippen MR) is 50.3 cm³/mol. The molecule has 0 bridgehead atoms. The van der Waals surface area contributed by atoms with E-state index >= 15 is 0 Å². The third-order valence-electron chi connectivity index (χ3n) is 2.37. The lowest BCUT2D eigenvalue weighted by atomic mass is 9.91. The van der Waals surface area contributed by atoms with Gasteiger partial charge in [-0.15, -0.1) is 0 Å². The van der Waals surface area contributed by atoms with Crippen LogP contribution in [0.25, 0.3) is 0 Å². The number of aliphatic hydroxyl groups is 1. The van der Waals surface area contributed by atoms with Crippen molar-refractivity contribution in [2.45, 2.75) is 32.2 Å². The minimum Gasteiger partial charge on any atom is -0.364 e. The van der Waals surface area contributed by atoms with E-state index < -0.39 is 6.29 Å². The Morgan fingerprint density at radius 1 is 1.38 bits per heavy atom. The summed E-state index contributed by atoms with van der Waals surface area (Å²) in [4.78, 5) is 0. The first-order valence-electron chi connectivity index (χ1n) is 4.52. The van der Waals surface area contributed by atoms with E-state index in [2.05, 4.69) is 0 Å². The Bertz CT molecular complexity index is 318. The van der Waals surface area contributed by atoms with Gasteiger partial charge in [0.1, 0.15) is 0 Å². The van der Waals surface area contributed by atoms with Gasteiger partial charge in [0, 0.05) is 12.0 Å². The summed E-state index contributed by atoms with van der Waals surface area (Å²) in [5, 5.41) is 9.67. The predicted octanol–water partition coefficient (Wildman–Crippen LogP) is 2.03. The molecule has 2 heteroatoms. The number of fused-ring (bicyclic) bond motifs is 1. The van der Waals surface area contributed by atoms with Crippen molar-refractivity contribution in [2.75, 3.05) is 0 Å². The SMILES string of the molecule is CC1(C)Cc2ccccc2C(O)O1. The Balaban J connectivity index is 2.43. The van der Waals surface area contributed by atoms with Crippen molar-refractivity contribution in [3.05, 3.63) is 35.4 Å². The fraction of sp³-hybridized carbons (Fsp3) is 0.455. The molecule has 0 saturated carbocycles. The maximum absolute atomic E-state index is 9.67.